The molecule has 0 unspecified atom stereocenters. The molecular formula is C45H28N4O. The highest BCUT2D eigenvalue weighted by Crippen LogP contribution is 2.39. The zero-order chi connectivity index (χ0) is 33.0. The highest BCUT2D eigenvalue weighted by atomic mass is 16.3. The Kier molecular flexibility index (Phi) is 6.42. The molecule has 0 aliphatic heterocycles. The highest BCUT2D eigenvalue weighted by Gasteiger charge is 2.21. The van der Waals surface area contributed by atoms with Crippen LogP contribution in [0.15, 0.2) is 174 Å². The van der Waals surface area contributed by atoms with Crippen molar-refractivity contribution in [2.75, 3.05) is 0 Å². The molecular weight excluding hydrogens is 613 g/mol. The number of nitrogens with zero attached hydrogens (tertiary/aromatic N) is 4. The maximum absolute atomic E-state index is 6.26. The molecule has 3 heterocycles. The van der Waals surface area contributed by atoms with Crippen molar-refractivity contribution in [3.05, 3.63) is 170 Å². The molecule has 0 radical (unpaired) electrons. The highest BCUT2D eigenvalue weighted by molar-refractivity contribution is 6.12. The van der Waals surface area contributed by atoms with Gasteiger partial charge in [0.15, 0.2) is 17.5 Å². The van der Waals surface area contributed by atoms with Crippen LogP contribution in [0.3, 0.4) is 0 Å². The van der Waals surface area contributed by atoms with Gasteiger partial charge in [-0.15, -0.1) is 0 Å². The molecule has 234 valence electrons. The van der Waals surface area contributed by atoms with Gasteiger partial charge >= 0.3 is 0 Å². The lowest BCUT2D eigenvalue weighted by Gasteiger charge is -2.15. The molecule has 0 bridgehead atoms. The second-order valence-corrected chi connectivity index (χ2v) is 12.4. The van der Waals surface area contributed by atoms with Gasteiger partial charge in [-0.2, -0.15) is 0 Å². The molecule has 0 saturated heterocycles. The standard InChI is InChI=1S/C45H28N4O/c1-3-14-29(15-4-1)31-26-27-39-36(28-31)32-18-7-10-22-37(32)49(39)38-23-11-8-19-33(38)44-46-43(30-16-5-2-6-17-30)47-45(48-44)35-21-13-25-41-42(35)34-20-9-12-24-40(34)50-41/h1-28H. The summed E-state index contributed by atoms with van der Waals surface area (Å²) in [5, 5.41) is 4.40. The van der Waals surface area contributed by atoms with Crippen molar-refractivity contribution in [2.24, 2.45) is 0 Å². The Labute approximate surface area is 287 Å². The Morgan fingerprint density at radius 3 is 1.82 bits per heavy atom. The van der Waals surface area contributed by atoms with Crippen LogP contribution < -0.4 is 0 Å². The summed E-state index contributed by atoms with van der Waals surface area (Å²) in [7, 11) is 0. The molecule has 3 aromatic heterocycles. The first-order valence-corrected chi connectivity index (χ1v) is 16.7. The van der Waals surface area contributed by atoms with Crippen LogP contribution in [-0.2, 0) is 0 Å². The number of aromatic nitrogens is 4. The smallest absolute Gasteiger partial charge is 0.166 e. The Morgan fingerprint density at radius 1 is 0.380 bits per heavy atom. The monoisotopic (exact) mass is 640 g/mol. The Morgan fingerprint density at radius 2 is 0.980 bits per heavy atom. The van der Waals surface area contributed by atoms with Crippen LogP contribution in [-0.4, -0.2) is 19.5 Å². The minimum absolute atomic E-state index is 0.593. The first-order chi connectivity index (χ1) is 24.8. The predicted molar refractivity (Wildman–Crippen MR) is 203 cm³/mol. The van der Waals surface area contributed by atoms with Crippen LogP contribution in [0, 0.1) is 0 Å². The zero-order valence-corrected chi connectivity index (χ0v) is 26.9. The van der Waals surface area contributed by atoms with E-state index in [-0.39, 0.29) is 0 Å². The molecule has 5 heteroatoms. The van der Waals surface area contributed by atoms with Crippen molar-refractivity contribution >= 4 is 43.7 Å². The molecule has 0 aliphatic carbocycles. The number of para-hydroxylation sites is 3. The molecule has 0 N–H and O–H groups in total. The topological polar surface area (TPSA) is 56.7 Å². The molecule has 0 saturated carbocycles. The van der Waals surface area contributed by atoms with E-state index in [1.54, 1.807) is 0 Å². The Balaban J connectivity index is 1.23. The van der Waals surface area contributed by atoms with E-state index in [0.717, 1.165) is 55.3 Å². The Hall–Kier alpha value is -6.85. The molecule has 5 nitrogen and oxygen atoms in total. The van der Waals surface area contributed by atoms with Gasteiger partial charge in [0.2, 0.25) is 0 Å². The zero-order valence-electron chi connectivity index (χ0n) is 26.9. The number of hydrogen-bond acceptors (Lipinski definition) is 4. The predicted octanol–water partition coefficient (Wildman–Crippen LogP) is 11.5. The van der Waals surface area contributed by atoms with E-state index in [9.17, 15) is 0 Å². The number of benzene rings is 7. The summed E-state index contributed by atoms with van der Waals surface area (Å²) in [5.41, 5.74) is 9.97. The maximum Gasteiger partial charge on any atom is 0.166 e. The lowest BCUT2D eigenvalue weighted by Crippen LogP contribution is -2.03. The third-order valence-electron chi connectivity index (χ3n) is 9.48. The summed E-state index contributed by atoms with van der Waals surface area (Å²) in [5.74, 6) is 1.80. The number of rotatable bonds is 5. The fraction of sp³-hybridized carbons (Fsp3) is 0. The van der Waals surface area contributed by atoms with E-state index in [0.29, 0.717) is 17.5 Å². The quantitative estimate of drug-likeness (QED) is 0.188. The molecule has 0 atom stereocenters. The third kappa shape index (κ3) is 4.52. The summed E-state index contributed by atoms with van der Waals surface area (Å²) in [6.07, 6.45) is 0. The molecule has 10 aromatic rings. The average molecular weight is 641 g/mol. The van der Waals surface area contributed by atoms with Crippen molar-refractivity contribution in [1.29, 1.82) is 0 Å². The second-order valence-electron chi connectivity index (χ2n) is 12.4. The van der Waals surface area contributed by atoms with Gasteiger partial charge in [0.05, 0.1) is 16.7 Å². The number of fused-ring (bicyclic) bond motifs is 6. The van der Waals surface area contributed by atoms with Crippen LogP contribution in [0.4, 0.5) is 0 Å². The summed E-state index contributed by atoms with van der Waals surface area (Å²) >= 11 is 0. The van der Waals surface area contributed by atoms with Gasteiger partial charge in [-0.1, -0.05) is 127 Å². The fourth-order valence-electron chi connectivity index (χ4n) is 7.19. The van der Waals surface area contributed by atoms with Gasteiger partial charge in [0.25, 0.3) is 0 Å². The van der Waals surface area contributed by atoms with Gasteiger partial charge in [-0.25, -0.2) is 15.0 Å². The molecule has 10 rings (SSSR count). The van der Waals surface area contributed by atoms with Crippen molar-refractivity contribution in [3.63, 3.8) is 0 Å². The van der Waals surface area contributed by atoms with Gasteiger partial charge in [0.1, 0.15) is 11.2 Å². The van der Waals surface area contributed by atoms with E-state index >= 15 is 0 Å². The normalized spacial score (nSPS) is 11.6. The Bertz CT molecular complexity index is 2870. The largest absolute Gasteiger partial charge is 0.456 e. The second kappa shape index (κ2) is 11.4. The summed E-state index contributed by atoms with van der Waals surface area (Å²) < 4.78 is 8.59. The minimum atomic E-state index is 0.593. The summed E-state index contributed by atoms with van der Waals surface area (Å²) in [4.78, 5) is 15.5. The minimum Gasteiger partial charge on any atom is -0.456 e. The van der Waals surface area contributed by atoms with Crippen LogP contribution in [0.25, 0.3) is 94.7 Å². The average Bonchev–Trinajstić information content (AvgIpc) is 3.74. The maximum atomic E-state index is 6.26. The summed E-state index contributed by atoms with van der Waals surface area (Å²) in [6, 6.07) is 58.6. The van der Waals surface area contributed by atoms with Gasteiger partial charge in [-0.05, 0) is 53.6 Å². The van der Waals surface area contributed by atoms with E-state index < -0.39 is 0 Å². The number of hydrogen-bond donors (Lipinski definition) is 0. The van der Waals surface area contributed by atoms with Crippen molar-refractivity contribution in [1.82, 2.24) is 19.5 Å². The van der Waals surface area contributed by atoms with Crippen LogP contribution in [0.1, 0.15) is 0 Å². The molecule has 0 aliphatic rings. The van der Waals surface area contributed by atoms with E-state index in [4.69, 9.17) is 19.4 Å². The lowest BCUT2D eigenvalue weighted by atomic mass is 10.0. The van der Waals surface area contributed by atoms with Gasteiger partial charge < -0.3 is 8.98 Å². The van der Waals surface area contributed by atoms with Crippen LogP contribution in [0.5, 0.6) is 0 Å². The first kappa shape index (κ1) is 28.2. The van der Waals surface area contributed by atoms with Crippen molar-refractivity contribution < 1.29 is 4.42 Å². The summed E-state index contributed by atoms with van der Waals surface area (Å²) in [6.45, 7) is 0. The van der Waals surface area contributed by atoms with Crippen molar-refractivity contribution in [3.8, 4) is 51.0 Å². The van der Waals surface area contributed by atoms with Crippen LogP contribution in [0.2, 0.25) is 0 Å². The van der Waals surface area contributed by atoms with Gasteiger partial charge in [-0.3, -0.25) is 0 Å². The molecule has 0 amide bonds. The molecule has 0 spiro atoms. The van der Waals surface area contributed by atoms with Crippen LogP contribution >= 0.6 is 0 Å². The van der Waals surface area contributed by atoms with E-state index in [2.05, 4.69) is 114 Å². The first-order valence-electron chi connectivity index (χ1n) is 16.7. The van der Waals surface area contributed by atoms with E-state index in [1.807, 2.05) is 60.7 Å². The number of furan rings is 1. The van der Waals surface area contributed by atoms with E-state index in [1.165, 1.54) is 21.9 Å². The molecule has 0 fully saturated rings. The lowest BCUT2D eigenvalue weighted by molar-refractivity contribution is 0.669. The molecule has 50 heavy (non-hydrogen) atoms. The fourth-order valence-corrected chi connectivity index (χ4v) is 7.19. The van der Waals surface area contributed by atoms with Gasteiger partial charge in [0, 0.05) is 38.2 Å². The SMILES string of the molecule is c1ccc(-c2ccc3c(c2)c2ccccc2n3-c2ccccc2-c2nc(-c3ccccc3)nc(-c3cccc4oc5ccccc5c34)n2)cc1. The van der Waals surface area contributed by atoms with Crippen molar-refractivity contribution in [2.45, 2.75) is 0 Å². The third-order valence-corrected chi connectivity index (χ3v) is 9.48. The molecule has 7 aromatic carbocycles.